The predicted octanol–water partition coefficient (Wildman–Crippen LogP) is 0.804. The van der Waals surface area contributed by atoms with E-state index in [9.17, 15) is 27.9 Å². The average molecular weight is 310 g/mol. The molecule has 0 bridgehead atoms. The van der Waals surface area contributed by atoms with Gasteiger partial charge in [-0.1, -0.05) is 0 Å². The molecule has 0 radical (unpaired) electrons. The Balaban J connectivity index is 2.06. The molecule has 0 aromatic carbocycles. The number of carboxylic acids is 1. The summed E-state index contributed by atoms with van der Waals surface area (Å²) in [6, 6.07) is -1.07. The lowest BCUT2D eigenvalue weighted by Gasteiger charge is -2.31. The Morgan fingerprint density at radius 1 is 1.24 bits per heavy atom. The number of likely N-dealkylation sites (tertiary alicyclic amines) is 1. The van der Waals surface area contributed by atoms with Crippen LogP contribution in [0.15, 0.2) is 0 Å². The molecule has 9 heteroatoms. The fourth-order valence-electron chi connectivity index (χ4n) is 2.94. The first kappa shape index (κ1) is 15.9. The fraction of sp³-hybridized carbons (Fsp3) is 0.833. The number of aliphatic hydroxyl groups is 1. The Morgan fingerprint density at radius 2 is 1.86 bits per heavy atom. The Hall–Kier alpha value is -1.51. The van der Waals surface area contributed by atoms with Crippen molar-refractivity contribution in [2.75, 3.05) is 13.1 Å². The third-order valence-electron chi connectivity index (χ3n) is 4.46. The third kappa shape index (κ3) is 2.66. The summed E-state index contributed by atoms with van der Waals surface area (Å²) in [6.07, 6.45) is -4.32. The summed E-state index contributed by atoms with van der Waals surface area (Å²) in [6.45, 7) is 0.797. The number of hydrogen-bond donors (Lipinski definition) is 3. The highest BCUT2D eigenvalue weighted by molar-refractivity contribution is 5.87. The maximum absolute atomic E-state index is 12.8. The molecule has 2 fully saturated rings. The minimum Gasteiger partial charge on any atom is -0.479 e. The van der Waals surface area contributed by atoms with Crippen LogP contribution in [0.3, 0.4) is 0 Å². The van der Waals surface area contributed by atoms with Crippen LogP contribution in [0.5, 0.6) is 0 Å². The van der Waals surface area contributed by atoms with Gasteiger partial charge in [0.2, 0.25) is 5.54 Å². The number of urea groups is 1. The summed E-state index contributed by atoms with van der Waals surface area (Å²) in [5, 5.41) is 20.0. The number of rotatable bonds is 2. The van der Waals surface area contributed by atoms with E-state index in [4.69, 9.17) is 5.11 Å². The van der Waals surface area contributed by atoms with E-state index < -0.39 is 29.8 Å². The summed E-state index contributed by atoms with van der Waals surface area (Å²) in [4.78, 5) is 23.9. The lowest BCUT2D eigenvalue weighted by Crippen LogP contribution is -2.63. The molecule has 4 unspecified atom stereocenters. The van der Waals surface area contributed by atoms with Gasteiger partial charge in [0.15, 0.2) is 0 Å². The van der Waals surface area contributed by atoms with Gasteiger partial charge in [-0.3, -0.25) is 0 Å². The molecule has 0 aromatic rings. The molecule has 1 heterocycles. The molecule has 0 aromatic heterocycles. The van der Waals surface area contributed by atoms with Gasteiger partial charge in [0.05, 0.1) is 6.10 Å². The molecular formula is C12H17F3N2O4. The minimum absolute atomic E-state index is 0.0627. The highest BCUT2D eigenvalue weighted by Crippen LogP contribution is 2.38. The number of aliphatic hydroxyl groups excluding tert-OH is 1. The number of halogens is 3. The maximum Gasteiger partial charge on any atom is 0.422 e. The summed E-state index contributed by atoms with van der Waals surface area (Å²) in [7, 11) is 0. The number of fused-ring (bicyclic) bond motifs is 1. The average Bonchev–Trinajstić information content (AvgIpc) is 2.90. The van der Waals surface area contributed by atoms with Crippen LogP contribution >= 0.6 is 0 Å². The van der Waals surface area contributed by atoms with Crippen LogP contribution in [-0.2, 0) is 4.79 Å². The highest BCUT2D eigenvalue weighted by Gasteiger charge is 2.59. The van der Waals surface area contributed by atoms with E-state index in [1.165, 1.54) is 0 Å². The van der Waals surface area contributed by atoms with Gasteiger partial charge in [0, 0.05) is 19.0 Å². The largest absolute Gasteiger partial charge is 0.479 e. The molecule has 2 amide bonds. The molecule has 1 aliphatic carbocycles. The van der Waals surface area contributed by atoms with Crippen molar-refractivity contribution in [3.63, 3.8) is 0 Å². The molecule has 2 rings (SSSR count). The molecular weight excluding hydrogens is 293 g/mol. The predicted molar refractivity (Wildman–Crippen MR) is 64.4 cm³/mol. The number of alkyl halides is 3. The van der Waals surface area contributed by atoms with E-state index in [0.29, 0.717) is 19.8 Å². The second-order valence-corrected chi connectivity index (χ2v) is 5.83. The smallest absolute Gasteiger partial charge is 0.422 e. The van der Waals surface area contributed by atoms with E-state index in [2.05, 4.69) is 0 Å². The van der Waals surface area contributed by atoms with Crippen LogP contribution in [0.1, 0.15) is 19.8 Å². The van der Waals surface area contributed by atoms with Gasteiger partial charge < -0.3 is 20.4 Å². The zero-order valence-electron chi connectivity index (χ0n) is 11.4. The monoisotopic (exact) mass is 310 g/mol. The topological polar surface area (TPSA) is 89.9 Å². The summed E-state index contributed by atoms with van der Waals surface area (Å²) < 4.78 is 38.5. The first-order valence-electron chi connectivity index (χ1n) is 6.61. The SMILES string of the molecule is CC(NC(=O)N1CC2CCC(O)C2C1)(C(=O)O)C(F)(F)F. The molecule has 4 atom stereocenters. The maximum atomic E-state index is 12.8. The first-order valence-corrected chi connectivity index (χ1v) is 6.61. The van der Waals surface area contributed by atoms with Crippen molar-refractivity contribution in [1.29, 1.82) is 0 Å². The van der Waals surface area contributed by atoms with Crippen LogP contribution in [-0.4, -0.2) is 58.0 Å². The van der Waals surface area contributed by atoms with Gasteiger partial charge in [-0.15, -0.1) is 0 Å². The molecule has 21 heavy (non-hydrogen) atoms. The molecule has 2 aliphatic rings. The van der Waals surface area contributed by atoms with Crippen LogP contribution in [0.2, 0.25) is 0 Å². The minimum atomic E-state index is -5.11. The zero-order chi connectivity index (χ0) is 16.0. The van der Waals surface area contributed by atoms with Crippen LogP contribution in [0.4, 0.5) is 18.0 Å². The number of carbonyl (C=O) groups is 2. The Bertz CT molecular complexity index is 456. The van der Waals surface area contributed by atoms with Crippen LogP contribution in [0, 0.1) is 11.8 Å². The lowest BCUT2D eigenvalue weighted by atomic mass is 10.00. The van der Waals surface area contributed by atoms with Gasteiger partial charge in [-0.25, -0.2) is 9.59 Å². The third-order valence-corrected chi connectivity index (χ3v) is 4.46. The number of aliphatic carboxylic acids is 1. The van der Waals surface area contributed by atoms with Gasteiger partial charge in [-0.05, 0) is 25.7 Å². The normalized spacial score (nSPS) is 31.7. The molecule has 120 valence electrons. The first-order chi connectivity index (χ1) is 9.56. The van der Waals surface area contributed by atoms with E-state index in [-0.39, 0.29) is 24.9 Å². The van der Waals surface area contributed by atoms with Crippen molar-refractivity contribution >= 4 is 12.0 Å². The second-order valence-electron chi connectivity index (χ2n) is 5.83. The van der Waals surface area contributed by atoms with Gasteiger partial charge >= 0.3 is 18.2 Å². The molecule has 3 N–H and O–H groups in total. The standard InChI is InChI=1S/C12H17F3N2O4/c1-11(9(19)20,12(13,14)15)16-10(21)17-4-6-2-3-8(18)7(6)5-17/h6-8,18H,2-5H2,1H3,(H,16,21)(H,19,20). The summed E-state index contributed by atoms with van der Waals surface area (Å²) >= 11 is 0. The van der Waals surface area contributed by atoms with Crippen molar-refractivity contribution in [2.24, 2.45) is 11.8 Å². The molecule has 0 spiro atoms. The number of amides is 2. The highest BCUT2D eigenvalue weighted by atomic mass is 19.4. The van der Waals surface area contributed by atoms with Crippen molar-refractivity contribution in [2.45, 2.75) is 37.6 Å². The Morgan fingerprint density at radius 3 is 2.33 bits per heavy atom. The van der Waals surface area contributed by atoms with E-state index in [1.807, 2.05) is 0 Å². The van der Waals surface area contributed by atoms with E-state index in [0.717, 1.165) is 4.90 Å². The van der Waals surface area contributed by atoms with Gasteiger partial charge in [0.1, 0.15) is 0 Å². The Kier molecular flexibility index (Phi) is 3.81. The van der Waals surface area contributed by atoms with Crippen molar-refractivity contribution < 1.29 is 33.0 Å². The van der Waals surface area contributed by atoms with Crippen molar-refractivity contribution in [1.82, 2.24) is 10.2 Å². The quantitative estimate of drug-likeness (QED) is 0.704. The van der Waals surface area contributed by atoms with Crippen molar-refractivity contribution in [3.05, 3.63) is 0 Å². The van der Waals surface area contributed by atoms with E-state index in [1.54, 1.807) is 5.32 Å². The number of nitrogens with one attached hydrogen (secondary N) is 1. The number of carbonyl (C=O) groups excluding carboxylic acids is 1. The summed E-state index contributed by atoms with van der Waals surface area (Å²) in [5.74, 6) is -2.24. The molecule has 6 nitrogen and oxygen atoms in total. The number of carboxylic acid groups (broad SMARTS) is 1. The van der Waals surface area contributed by atoms with Crippen LogP contribution in [0.25, 0.3) is 0 Å². The molecule has 1 saturated carbocycles. The fourth-order valence-corrected chi connectivity index (χ4v) is 2.94. The Labute approximate surface area is 118 Å². The molecule has 1 saturated heterocycles. The zero-order valence-corrected chi connectivity index (χ0v) is 11.4. The molecule has 1 aliphatic heterocycles. The van der Waals surface area contributed by atoms with Crippen LogP contribution < -0.4 is 5.32 Å². The number of nitrogens with zero attached hydrogens (tertiary/aromatic N) is 1. The second kappa shape index (κ2) is 5.04. The van der Waals surface area contributed by atoms with Gasteiger partial charge in [0.25, 0.3) is 0 Å². The lowest BCUT2D eigenvalue weighted by molar-refractivity contribution is -0.203. The van der Waals surface area contributed by atoms with E-state index >= 15 is 0 Å². The van der Waals surface area contributed by atoms with Gasteiger partial charge in [-0.2, -0.15) is 13.2 Å². The number of hydrogen-bond acceptors (Lipinski definition) is 3. The van der Waals surface area contributed by atoms with Crippen molar-refractivity contribution in [3.8, 4) is 0 Å². The summed E-state index contributed by atoms with van der Waals surface area (Å²) in [5.41, 5.74) is -3.33.